The minimum absolute atomic E-state index is 0.0282. The van der Waals surface area contributed by atoms with E-state index in [1.165, 1.54) is 5.56 Å². The number of aliphatic imine (C=N–C) groups is 1. The predicted molar refractivity (Wildman–Crippen MR) is 154 cm³/mol. The number of nitrogens with zero attached hydrogens (tertiary/aromatic N) is 4. The molecule has 3 aliphatic rings. The Labute approximate surface area is 228 Å². The van der Waals surface area contributed by atoms with Crippen molar-refractivity contribution >= 4 is 28.8 Å². The highest BCUT2D eigenvalue weighted by atomic mass is 16.7. The fourth-order valence-electron chi connectivity index (χ4n) is 6.17. The van der Waals surface area contributed by atoms with Crippen LogP contribution in [0.4, 0.5) is 5.69 Å². The second-order valence-electron chi connectivity index (χ2n) is 11.1. The Morgan fingerprint density at radius 1 is 1.03 bits per heavy atom. The first-order valence-corrected chi connectivity index (χ1v) is 13.6. The van der Waals surface area contributed by atoms with Crippen LogP contribution in [0.2, 0.25) is 0 Å². The SMILES string of the molecule is Cc1cc(N2C=NC(C)O2)ccc1-c1ccc(C(=O)n2ccc3cc4c(cc32)C2(CCN(C)CC2)CO4)cc1. The van der Waals surface area contributed by atoms with Crippen LogP contribution in [0.3, 0.4) is 0 Å². The van der Waals surface area contributed by atoms with Crippen molar-refractivity contribution in [3.8, 4) is 16.9 Å². The van der Waals surface area contributed by atoms with Gasteiger partial charge >= 0.3 is 0 Å². The van der Waals surface area contributed by atoms with Gasteiger partial charge in [-0.2, -0.15) is 0 Å². The first-order chi connectivity index (χ1) is 18.9. The molecule has 0 saturated carbocycles. The summed E-state index contributed by atoms with van der Waals surface area (Å²) in [5, 5.41) is 2.72. The van der Waals surface area contributed by atoms with Crippen LogP contribution in [0, 0.1) is 6.92 Å². The number of hydrogen-bond acceptors (Lipinski definition) is 6. The van der Waals surface area contributed by atoms with Gasteiger partial charge in [-0.1, -0.05) is 18.2 Å². The molecule has 4 heterocycles. The summed E-state index contributed by atoms with van der Waals surface area (Å²) in [6.07, 6.45) is 5.58. The average molecular weight is 521 g/mol. The number of piperidine rings is 1. The Morgan fingerprint density at radius 3 is 2.54 bits per heavy atom. The van der Waals surface area contributed by atoms with Gasteiger partial charge in [0.05, 0.1) is 17.8 Å². The summed E-state index contributed by atoms with van der Waals surface area (Å²) in [7, 11) is 2.18. The molecule has 0 aliphatic carbocycles. The number of fused-ring (bicyclic) bond motifs is 3. The third-order valence-electron chi connectivity index (χ3n) is 8.58. The van der Waals surface area contributed by atoms with E-state index < -0.39 is 0 Å². The van der Waals surface area contributed by atoms with Gasteiger partial charge in [-0.05, 0) is 106 Å². The van der Waals surface area contributed by atoms with Gasteiger partial charge in [0.25, 0.3) is 5.91 Å². The number of benzene rings is 3. The molecular formula is C32H32N4O3. The molecule has 198 valence electrons. The van der Waals surface area contributed by atoms with E-state index in [1.54, 1.807) is 16.0 Å². The largest absolute Gasteiger partial charge is 0.492 e. The van der Waals surface area contributed by atoms with Crippen molar-refractivity contribution in [3.63, 3.8) is 0 Å². The van der Waals surface area contributed by atoms with Crippen LogP contribution in [-0.2, 0) is 10.3 Å². The number of aryl methyl sites for hydroxylation is 1. The van der Waals surface area contributed by atoms with Crippen molar-refractivity contribution in [2.45, 2.75) is 38.3 Å². The smallest absolute Gasteiger partial charge is 0.262 e. The molecule has 0 bridgehead atoms. The van der Waals surface area contributed by atoms with Crippen molar-refractivity contribution in [1.82, 2.24) is 9.47 Å². The summed E-state index contributed by atoms with van der Waals surface area (Å²) in [6, 6.07) is 20.4. The lowest BCUT2D eigenvalue weighted by molar-refractivity contribution is 0.0964. The highest BCUT2D eigenvalue weighted by Gasteiger charge is 2.43. The molecule has 0 radical (unpaired) electrons. The minimum atomic E-state index is -0.169. The van der Waals surface area contributed by atoms with Crippen LogP contribution in [0.5, 0.6) is 5.75 Å². The van der Waals surface area contributed by atoms with E-state index in [-0.39, 0.29) is 17.6 Å². The van der Waals surface area contributed by atoms with Crippen LogP contribution < -0.4 is 9.80 Å². The molecule has 3 aromatic carbocycles. The van der Waals surface area contributed by atoms with Crippen LogP contribution in [-0.4, -0.2) is 54.7 Å². The Balaban J connectivity index is 1.16. The quantitative estimate of drug-likeness (QED) is 0.342. The maximum Gasteiger partial charge on any atom is 0.262 e. The average Bonchev–Trinajstić information content (AvgIpc) is 3.66. The van der Waals surface area contributed by atoms with Crippen molar-refractivity contribution in [3.05, 3.63) is 83.6 Å². The molecular weight excluding hydrogens is 488 g/mol. The van der Waals surface area contributed by atoms with E-state index in [9.17, 15) is 4.79 Å². The molecule has 0 amide bonds. The summed E-state index contributed by atoms with van der Waals surface area (Å²) < 4.78 is 7.95. The van der Waals surface area contributed by atoms with Crippen LogP contribution in [0.15, 0.2) is 71.9 Å². The summed E-state index contributed by atoms with van der Waals surface area (Å²) in [6.45, 7) is 6.85. The van der Waals surface area contributed by atoms with Crippen molar-refractivity contribution in [2.75, 3.05) is 31.8 Å². The van der Waals surface area contributed by atoms with E-state index >= 15 is 0 Å². The van der Waals surface area contributed by atoms with Gasteiger partial charge in [0.15, 0.2) is 6.23 Å². The molecule has 0 N–H and O–H groups in total. The van der Waals surface area contributed by atoms with Crippen molar-refractivity contribution < 1.29 is 14.4 Å². The lowest BCUT2D eigenvalue weighted by Crippen LogP contribution is -2.41. The predicted octanol–water partition coefficient (Wildman–Crippen LogP) is 5.79. The molecule has 1 aromatic heterocycles. The van der Waals surface area contributed by atoms with Crippen LogP contribution >= 0.6 is 0 Å². The third kappa shape index (κ3) is 4.04. The highest BCUT2D eigenvalue weighted by Crippen LogP contribution is 2.47. The lowest BCUT2D eigenvalue weighted by atomic mass is 9.74. The zero-order valence-electron chi connectivity index (χ0n) is 22.6. The van der Waals surface area contributed by atoms with Crippen molar-refractivity contribution in [2.24, 2.45) is 4.99 Å². The number of ether oxygens (including phenoxy) is 1. The van der Waals surface area contributed by atoms with Gasteiger partial charge in [-0.25, -0.2) is 14.9 Å². The van der Waals surface area contributed by atoms with E-state index in [2.05, 4.69) is 48.1 Å². The number of hydrogen-bond donors (Lipinski definition) is 0. The van der Waals surface area contributed by atoms with Crippen LogP contribution in [0.25, 0.3) is 22.0 Å². The number of anilines is 1. The molecule has 7 nitrogen and oxygen atoms in total. The zero-order chi connectivity index (χ0) is 26.7. The highest BCUT2D eigenvalue weighted by molar-refractivity contribution is 6.03. The number of rotatable bonds is 3. The van der Waals surface area contributed by atoms with Gasteiger partial charge in [0.1, 0.15) is 12.1 Å². The summed E-state index contributed by atoms with van der Waals surface area (Å²) >= 11 is 0. The molecule has 1 fully saturated rings. The number of carbonyl (C=O) groups is 1. The second kappa shape index (κ2) is 9.07. The molecule has 4 aromatic rings. The first-order valence-electron chi connectivity index (χ1n) is 13.6. The van der Waals surface area contributed by atoms with Gasteiger partial charge in [0.2, 0.25) is 0 Å². The third-order valence-corrected chi connectivity index (χ3v) is 8.58. The molecule has 1 saturated heterocycles. The monoisotopic (exact) mass is 520 g/mol. The zero-order valence-corrected chi connectivity index (χ0v) is 22.6. The molecule has 1 unspecified atom stereocenters. The van der Waals surface area contributed by atoms with E-state index in [4.69, 9.17) is 9.57 Å². The fourth-order valence-corrected chi connectivity index (χ4v) is 6.17. The van der Waals surface area contributed by atoms with Gasteiger partial charge in [-0.3, -0.25) is 9.36 Å². The second-order valence-corrected chi connectivity index (χ2v) is 11.1. The van der Waals surface area contributed by atoms with E-state index in [0.29, 0.717) is 5.56 Å². The summed E-state index contributed by atoms with van der Waals surface area (Å²) in [4.78, 5) is 26.0. The Hall–Kier alpha value is -3.94. The Kier molecular flexibility index (Phi) is 5.61. The topological polar surface area (TPSA) is 59.3 Å². The maximum atomic E-state index is 13.7. The van der Waals surface area contributed by atoms with Gasteiger partial charge in [-0.15, -0.1) is 0 Å². The maximum absolute atomic E-state index is 13.7. The van der Waals surface area contributed by atoms with Gasteiger partial charge in [0, 0.05) is 28.1 Å². The normalized spacial score (nSPS) is 20.1. The Bertz CT molecular complexity index is 1610. The van der Waals surface area contributed by atoms with Gasteiger partial charge < -0.3 is 9.64 Å². The Morgan fingerprint density at radius 2 is 1.82 bits per heavy atom. The fraction of sp³-hybridized carbons (Fsp3) is 0.312. The van der Waals surface area contributed by atoms with E-state index in [1.807, 2.05) is 49.5 Å². The molecule has 3 aliphatic heterocycles. The summed E-state index contributed by atoms with van der Waals surface area (Å²) in [5.41, 5.74) is 7.16. The molecule has 7 heteroatoms. The molecule has 1 atom stereocenters. The number of aromatic nitrogens is 1. The molecule has 1 spiro atoms. The number of hydroxylamine groups is 1. The standard InChI is InChI=1S/C32H32N4O3/c1-21-16-26(36-20-33-22(2)39-36)8-9-27(21)23-4-6-24(7-5-23)31(37)35-13-10-25-17-30-28(18-29(25)35)32(19-38-30)11-14-34(3)15-12-32/h4-10,13,16-18,20,22H,11-12,14-15,19H2,1-3H3. The molecule has 7 rings (SSSR count). The number of carbonyl (C=O) groups excluding carboxylic acids is 1. The molecule has 39 heavy (non-hydrogen) atoms. The number of likely N-dealkylation sites (tertiary alicyclic amines) is 1. The van der Waals surface area contributed by atoms with Crippen molar-refractivity contribution in [1.29, 1.82) is 0 Å². The van der Waals surface area contributed by atoms with Crippen LogP contribution in [0.1, 0.15) is 41.3 Å². The summed E-state index contributed by atoms with van der Waals surface area (Å²) in [5.74, 6) is 0.945. The lowest BCUT2D eigenvalue weighted by Gasteiger charge is -2.36. The van der Waals surface area contributed by atoms with E-state index in [0.717, 1.165) is 71.6 Å². The first kappa shape index (κ1) is 24.1. The minimum Gasteiger partial charge on any atom is -0.492 e.